The molecule has 6 heteroatoms. The minimum atomic E-state index is -1.24. The Morgan fingerprint density at radius 2 is 1.37 bits per heavy atom. The fraction of sp³-hybridized carbons (Fsp3) is 0.286. The van der Waals surface area contributed by atoms with E-state index in [1.807, 2.05) is 36.4 Å². The van der Waals surface area contributed by atoms with Crippen LogP contribution in [0, 0.1) is 11.8 Å². The third-order valence-electron chi connectivity index (χ3n) is 4.31. The molecule has 2 N–H and O–H groups in total. The number of esters is 1. The molecule has 0 saturated carbocycles. The van der Waals surface area contributed by atoms with E-state index in [2.05, 4.69) is 0 Å². The van der Waals surface area contributed by atoms with Crippen LogP contribution < -0.4 is 0 Å². The van der Waals surface area contributed by atoms with E-state index in [0.717, 1.165) is 11.1 Å². The fourth-order valence-corrected chi connectivity index (χ4v) is 2.88. The van der Waals surface area contributed by atoms with E-state index in [1.165, 1.54) is 0 Å². The first kappa shape index (κ1) is 20.2. The molecule has 2 aromatic rings. The van der Waals surface area contributed by atoms with Crippen molar-refractivity contribution in [1.29, 1.82) is 0 Å². The van der Waals surface area contributed by atoms with Crippen LogP contribution in [0.1, 0.15) is 24.0 Å². The third-order valence-corrected chi connectivity index (χ3v) is 4.31. The van der Waals surface area contributed by atoms with Gasteiger partial charge < -0.3 is 14.9 Å². The average molecular weight is 370 g/mol. The lowest BCUT2D eigenvalue weighted by molar-refractivity contribution is -0.162. The van der Waals surface area contributed by atoms with Crippen LogP contribution in [0.15, 0.2) is 60.7 Å². The van der Waals surface area contributed by atoms with Gasteiger partial charge in [0.15, 0.2) is 0 Å². The second-order valence-corrected chi connectivity index (χ2v) is 6.27. The number of carboxylic acids is 2. The van der Waals surface area contributed by atoms with Crippen molar-refractivity contribution in [2.24, 2.45) is 11.8 Å². The largest absolute Gasteiger partial charge is 0.481 e. The van der Waals surface area contributed by atoms with Crippen LogP contribution in [-0.4, -0.2) is 28.1 Å². The minimum Gasteiger partial charge on any atom is -0.481 e. The summed E-state index contributed by atoms with van der Waals surface area (Å²) in [5.74, 6) is -5.62. The van der Waals surface area contributed by atoms with Crippen molar-refractivity contribution in [2.75, 3.05) is 0 Å². The van der Waals surface area contributed by atoms with E-state index in [0.29, 0.717) is 6.42 Å². The van der Waals surface area contributed by atoms with Gasteiger partial charge in [0.25, 0.3) is 0 Å². The Balaban J connectivity index is 2.08. The maximum Gasteiger partial charge on any atom is 0.310 e. The Kier molecular flexibility index (Phi) is 7.55. The molecule has 2 rings (SSSR count). The summed E-state index contributed by atoms with van der Waals surface area (Å²) in [5.41, 5.74) is 1.67. The molecule has 2 atom stereocenters. The highest BCUT2D eigenvalue weighted by molar-refractivity contribution is 5.84. The lowest BCUT2D eigenvalue weighted by Gasteiger charge is -2.21. The molecule has 0 aliphatic rings. The molecule has 0 saturated heterocycles. The Morgan fingerprint density at radius 3 is 1.89 bits per heavy atom. The van der Waals surface area contributed by atoms with Crippen molar-refractivity contribution < 1.29 is 29.3 Å². The van der Waals surface area contributed by atoms with Crippen molar-refractivity contribution in [3.8, 4) is 0 Å². The molecular formula is C21H22O6. The van der Waals surface area contributed by atoms with E-state index in [4.69, 9.17) is 9.84 Å². The lowest BCUT2D eigenvalue weighted by Crippen LogP contribution is -2.33. The van der Waals surface area contributed by atoms with Crippen molar-refractivity contribution in [2.45, 2.75) is 25.9 Å². The summed E-state index contributed by atoms with van der Waals surface area (Å²) in [6, 6.07) is 18.2. The number of carbonyl (C=O) groups is 3. The molecular weight excluding hydrogens is 348 g/mol. The standard InChI is InChI=1S/C21H22O6/c22-19(23)13-18(21(26)27-14-16-9-5-2-6-10-16)17(20(24)25)12-11-15-7-3-1-4-8-15/h1-10,17-18H,11-14H2,(H,22,23)(H,24,25). The number of rotatable bonds is 10. The predicted octanol–water partition coefficient (Wildman–Crippen LogP) is 3.15. The van der Waals surface area contributed by atoms with Crippen LogP contribution in [0.25, 0.3) is 0 Å². The van der Waals surface area contributed by atoms with Crippen LogP contribution in [0.3, 0.4) is 0 Å². The molecule has 0 spiro atoms. The number of hydrogen-bond acceptors (Lipinski definition) is 4. The summed E-state index contributed by atoms with van der Waals surface area (Å²) >= 11 is 0. The molecule has 0 amide bonds. The fourth-order valence-electron chi connectivity index (χ4n) is 2.88. The van der Waals surface area contributed by atoms with Crippen molar-refractivity contribution >= 4 is 17.9 Å². The van der Waals surface area contributed by atoms with Gasteiger partial charge in [-0.05, 0) is 24.0 Å². The maximum absolute atomic E-state index is 12.5. The normalized spacial score (nSPS) is 12.7. The van der Waals surface area contributed by atoms with Crippen molar-refractivity contribution in [3.05, 3.63) is 71.8 Å². The lowest BCUT2D eigenvalue weighted by atomic mass is 9.85. The second-order valence-electron chi connectivity index (χ2n) is 6.27. The van der Waals surface area contributed by atoms with Crippen molar-refractivity contribution in [1.82, 2.24) is 0 Å². The average Bonchev–Trinajstić information content (AvgIpc) is 2.66. The number of carboxylic acid groups (broad SMARTS) is 2. The van der Waals surface area contributed by atoms with E-state index in [1.54, 1.807) is 24.3 Å². The molecule has 142 valence electrons. The molecule has 0 radical (unpaired) electrons. The Bertz CT molecular complexity index is 757. The SMILES string of the molecule is O=C(O)CC(C(=O)OCc1ccccc1)C(CCc1ccccc1)C(=O)O. The number of aliphatic carboxylic acids is 2. The zero-order valence-electron chi connectivity index (χ0n) is 14.8. The highest BCUT2D eigenvalue weighted by Crippen LogP contribution is 2.24. The third kappa shape index (κ3) is 6.58. The van der Waals surface area contributed by atoms with E-state index in [9.17, 15) is 19.5 Å². The zero-order valence-corrected chi connectivity index (χ0v) is 14.8. The summed E-state index contributed by atoms with van der Waals surface area (Å²) < 4.78 is 5.21. The van der Waals surface area contributed by atoms with E-state index in [-0.39, 0.29) is 13.0 Å². The minimum absolute atomic E-state index is 0.0270. The smallest absolute Gasteiger partial charge is 0.310 e. The van der Waals surface area contributed by atoms with Gasteiger partial charge in [0.05, 0.1) is 18.3 Å². The van der Waals surface area contributed by atoms with Gasteiger partial charge in [-0.1, -0.05) is 60.7 Å². The number of ether oxygens (including phenoxy) is 1. The summed E-state index contributed by atoms with van der Waals surface area (Å²) in [5, 5.41) is 18.7. The Morgan fingerprint density at radius 1 is 0.815 bits per heavy atom. The van der Waals surface area contributed by atoms with Crippen LogP contribution in [-0.2, 0) is 32.1 Å². The molecule has 0 aromatic heterocycles. The van der Waals surface area contributed by atoms with Gasteiger partial charge in [-0.15, -0.1) is 0 Å². The topological polar surface area (TPSA) is 101 Å². The number of carbonyl (C=O) groups excluding carboxylic acids is 1. The predicted molar refractivity (Wildman–Crippen MR) is 97.9 cm³/mol. The Hall–Kier alpha value is -3.15. The molecule has 2 unspecified atom stereocenters. The van der Waals surface area contributed by atoms with Gasteiger partial charge in [0.2, 0.25) is 0 Å². The Labute approximate surface area is 157 Å². The first-order valence-electron chi connectivity index (χ1n) is 8.66. The molecule has 0 aliphatic heterocycles. The molecule has 27 heavy (non-hydrogen) atoms. The molecule has 2 aromatic carbocycles. The van der Waals surface area contributed by atoms with Gasteiger partial charge in [-0.3, -0.25) is 14.4 Å². The van der Waals surface area contributed by atoms with Gasteiger partial charge in [-0.25, -0.2) is 0 Å². The van der Waals surface area contributed by atoms with Crippen LogP contribution in [0.5, 0.6) is 0 Å². The summed E-state index contributed by atoms with van der Waals surface area (Å²) in [7, 11) is 0. The van der Waals surface area contributed by atoms with Gasteiger partial charge in [0, 0.05) is 0 Å². The molecule has 6 nitrogen and oxygen atoms in total. The summed E-state index contributed by atoms with van der Waals surface area (Å²) in [6.45, 7) is -0.0270. The van der Waals surface area contributed by atoms with E-state index >= 15 is 0 Å². The zero-order chi connectivity index (χ0) is 19.6. The summed E-state index contributed by atoms with van der Waals surface area (Å²) in [4.78, 5) is 35.4. The number of aryl methyl sites for hydroxylation is 1. The summed E-state index contributed by atoms with van der Waals surface area (Å²) in [6.07, 6.45) is -0.00298. The van der Waals surface area contributed by atoms with Gasteiger partial charge in [-0.2, -0.15) is 0 Å². The van der Waals surface area contributed by atoms with Gasteiger partial charge in [0.1, 0.15) is 6.61 Å². The van der Waals surface area contributed by atoms with Crippen LogP contribution in [0.2, 0.25) is 0 Å². The van der Waals surface area contributed by atoms with Crippen LogP contribution >= 0.6 is 0 Å². The monoisotopic (exact) mass is 370 g/mol. The highest BCUT2D eigenvalue weighted by Gasteiger charge is 2.36. The molecule has 0 bridgehead atoms. The van der Waals surface area contributed by atoms with Crippen LogP contribution in [0.4, 0.5) is 0 Å². The quantitative estimate of drug-likeness (QED) is 0.623. The highest BCUT2D eigenvalue weighted by atomic mass is 16.5. The number of benzene rings is 2. The van der Waals surface area contributed by atoms with Gasteiger partial charge >= 0.3 is 17.9 Å². The molecule has 0 aliphatic carbocycles. The first-order valence-corrected chi connectivity index (χ1v) is 8.66. The first-order chi connectivity index (χ1) is 13.0. The van der Waals surface area contributed by atoms with Crippen molar-refractivity contribution in [3.63, 3.8) is 0 Å². The van der Waals surface area contributed by atoms with E-state index < -0.39 is 36.2 Å². The number of hydrogen-bond donors (Lipinski definition) is 2. The second kappa shape index (κ2) is 10.1. The maximum atomic E-state index is 12.5. The molecule has 0 heterocycles. The molecule has 0 fully saturated rings.